The Morgan fingerprint density at radius 1 is 1.07 bits per heavy atom. The second-order valence-electron chi connectivity index (χ2n) is 6.69. The minimum Gasteiger partial charge on any atom is -0.504 e. The van der Waals surface area contributed by atoms with Gasteiger partial charge in [-0.15, -0.1) is 0 Å². The lowest BCUT2D eigenvalue weighted by atomic mass is 9.95. The number of ether oxygens (including phenoxy) is 3. The third kappa shape index (κ3) is 3.30. The van der Waals surface area contributed by atoms with Gasteiger partial charge in [0.15, 0.2) is 35.7 Å². The average Bonchev–Trinajstić information content (AvgIpc) is 3.19. The van der Waals surface area contributed by atoms with Crippen LogP contribution in [-0.4, -0.2) is 41.2 Å². The summed E-state index contributed by atoms with van der Waals surface area (Å²) in [5, 5.41) is 27.0. The molecular weight excluding hydrogens is 394 g/mol. The van der Waals surface area contributed by atoms with E-state index in [4.69, 9.17) is 34.0 Å². The second kappa shape index (κ2) is 7.43. The lowest BCUT2D eigenvalue weighted by Gasteiger charge is -2.16. The van der Waals surface area contributed by atoms with Crippen molar-refractivity contribution in [2.24, 2.45) is 0 Å². The number of carboxylic acid groups (broad SMARTS) is 2. The number of aromatic hydroxyl groups is 1. The van der Waals surface area contributed by atoms with E-state index in [-0.39, 0.29) is 12.5 Å². The van der Waals surface area contributed by atoms with Crippen LogP contribution in [-0.2, 0) is 22.6 Å². The van der Waals surface area contributed by atoms with Crippen molar-refractivity contribution in [3.63, 3.8) is 0 Å². The highest BCUT2D eigenvalue weighted by molar-refractivity contribution is 6.27. The summed E-state index contributed by atoms with van der Waals surface area (Å²) in [4.78, 5) is 18.2. The quantitative estimate of drug-likeness (QED) is 0.409. The Kier molecular flexibility index (Phi) is 4.78. The molecule has 0 fully saturated rings. The molecule has 9 heteroatoms. The summed E-state index contributed by atoms with van der Waals surface area (Å²) in [6.45, 7) is 1.14. The molecule has 2 aromatic carbocycles. The highest BCUT2D eigenvalue weighted by Crippen LogP contribution is 2.41. The predicted octanol–water partition coefficient (Wildman–Crippen LogP) is 1.95. The Bertz CT molecular complexity index is 1180. The van der Waals surface area contributed by atoms with Crippen LogP contribution in [0.4, 0.5) is 0 Å². The SMILES string of the molecule is COc1ccc2cc3[n+](cc2c1O)CCc1cc2c(cc1-3)OCO2.O=C(O)C(=O)O. The molecular formula is C21H18NO8+. The van der Waals surface area contributed by atoms with Crippen molar-refractivity contribution in [3.8, 4) is 34.3 Å². The van der Waals surface area contributed by atoms with E-state index in [9.17, 15) is 5.11 Å². The molecule has 3 N–H and O–H groups in total. The third-order valence-electron chi connectivity index (χ3n) is 5.00. The Labute approximate surface area is 170 Å². The number of aromatic nitrogens is 1. The van der Waals surface area contributed by atoms with Crippen molar-refractivity contribution in [1.29, 1.82) is 0 Å². The van der Waals surface area contributed by atoms with Gasteiger partial charge in [0.1, 0.15) is 0 Å². The van der Waals surface area contributed by atoms with E-state index in [0.29, 0.717) is 5.75 Å². The summed E-state index contributed by atoms with van der Waals surface area (Å²) in [5.41, 5.74) is 3.53. The molecule has 3 aromatic rings. The van der Waals surface area contributed by atoms with Gasteiger partial charge in [-0.1, -0.05) is 0 Å². The maximum atomic E-state index is 10.4. The fourth-order valence-corrected chi connectivity index (χ4v) is 3.57. The number of aryl methyl sites for hydroxylation is 2. The second-order valence-corrected chi connectivity index (χ2v) is 6.69. The van der Waals surface area contributed by atoms with E-state index in [2.05, 4.69) is 22.8 Å². The molecule has 0 saturated carbocycles. The van der Waals surface area contributed by atoms with E-state index < -0.39 is 11.9 Å². The van der Waals surface area contributed by atoms with E-state index in [1.165, 1.54) is 5.56 Å². The zero-order valence-corrected chi connectivity index (χ0v) is 15.9. The predicted molar refractivity (Wildman–Crippen MR) is 103 cm³/mol. The molecule has 0 radical (unpaired) electrons. The number of rotatable bonds is 1. The maximum absolute atomic E-state index is 10.4. The first-order valence-electron chi connectivity index (χ1n) is 9.01. The normalized spacial score (nSPS) is 13.0. The lowest BCUT2D eigenvalue weighted by Crippen LogP contribution is -2.39. The van der Waals surface area contributed by atoms with Gasteiger partial charge in [0.25, 0.3) is 0 Å². The largest absolute Gasteiger partial charge is 0.504 e. The number of methoxy groups -OCH3 is 1. The zero-order valence-electron chi connectivity index (χ0n) is 15.9. The Hall–Kier alpha value is -4.01. The summed E-state index contributed by atoms with van der Waals surface area (Å²) < 4.78 is 18.4. The smallest absolute Gasteiger partial charge is 0.414 e. The number of carbonyl (C=O) groups is 2. The number of hydrogen-bond acceptors (Lipinski definition) is 6. The van der Waals surface area contributed by atoms with Crippen LogP contribution < -0.4 is 18.8 Å². The molecule has 154 valence electrons. The van der Waals surface area contributed by atoms with Gasteiger partial charge in [-0.2, -0.15) is 4.57 Å². The fraction of sp³-hybridized carbons (Fsp3) is 0.190. The number of phenols is 1. The van der Waals surface area contributed by atoms with Gasteiger partial charge in [0.05, 0.1) is 18.1 Å². The number of nitrogens with zero attached hydrogens (tertiary/aromatic N) is 1. The standard InChI is InChI=1S/C19H15NO4.C2H2O4/c1-22-16-3-2-11-6-15-13-8-18-17(23-10-24-18)7-12(13)4-5-20(15)9-14(11)19(16)21;3-1(4)2(5)6/h2-3,6-9H,4-5,10H2,1H3;(H,3,4)(H,5,6)/p+1. The number of pyridine rings is 1. The van der Waals surface area contributed by atoms with Crippen molar-refractivity contribution in [3.05, 3.63) is 42.1 Å². The fourth-order valence-electron chi connectivity index (χ4n) is 3.57. The number of aliphatic carboxylic acids is 2. The maximum Gasteiger partial charge on any atom is 0.414 e. The first kappa shape index (κ1) is 19.3. The number of hydrogen-bond donors (Lipinski definition) is 3. The van der Waals surface area contributed by atoms with Crippen LogP contribution in [0.25, 0.3) is 22.0 Å². The Morgan fingerprint density at radius 2 is 1.77 bits per heavy atom. The molecule has 0 amide bonds. The molecule has 2 aliphatic heterocycles. The van der Waals surface area contributed by atoms with Crippen molar-refractivity contribution >= 4 is 22.7 Å². The van der Waals surface area contributed by atoms with Crippen LogP contribution in [0, 0.1) is 0 Å². The molecule has 0 atom stereocenters. The van der Waals surface area contributed by atoms with Crippen LogP contribution in [0.5, 0.6) is 23.0 Å². The average molecular weight is 412 g/mol. The monoisotopic (exact) mass is 412 g/mol. The first-order chi connectivity index (χ1) is 14.4. The minimum absolute atomic E-state index is 0.182. The van der Waals surface area contributed by atoms with Crippen LogP contribution in [0.2, 0.25) is 0 Å². The van der Waals surface area contributed by atoms with Gasteiger partial charge in [0.2, 0.25) is 12.5 Å². The van der Waals surface area contributed by atoms with Gasteiger partial charge in [-0.05, 0) is 35.2 Å². The Balaban J connectivity index is 0.000000322. The van der Waals surface area contributed by atoms with E-state index in [1.807, 2.05) is 12.3 Å². The number of benzene rings is 2. The van der Waals surface area contributed by atoms with Crippen LogP contribution in [0.3, 0.4) is 0 Å². The summed E-state index contributed by atoms with van der Waals surface area (Å²) in [6.07, 6.45) is 2.91. The van der Waals surface area contributed by atoms with Gasteiger partial charge in [-0.25, -0.2) is 9.59 Å². The highest BCUT2D eigenvalue weighted by Gasteiger charge is 2.28. The van der Waals surface area contributed by atoms with Crippen molar-refractivity contribution in [2.45, 2.75) is 13.0 Å². The summed E-state index contributed by atoms with van der Waals surface area (Å²) in [7, 11) is 1.56. The van der Waals surface area contributed by atoms with E-state index in [1.54, 1.807) is 13.2 Å². The minimum atomic E-state index is -1.82. The molecule has 0 bridgehead atoms. The topological polar surface area (TPSA) is 126 Å². The van der Waals surface area contributed by atoms with Crippen LogP contribution in [0.15, 0.2) is 36.5 Å². The highest BCUT2D eigenvalue weighted by atomic mass is 16.7. The van der Waals surface area contributed by atoms with Gasteiger partial charge < -0.3 is 29.5 Å². The lowest BCUT2D eigenvalue weighted by molar-refractivity contribution is -0.686. The van der Waals surface area contributed by atoms with Gasteiger partial charge >= 0.3 is 11.9 Å². The molecule has 0 aliphatic carbocycles. The molecule has 5 rings (SSSR count). The Morgan fingerprint density at radius 3 is 2.43 bits per heavy atom. The molecule has 1 aromatic heterocycles. The van der Waals surface area contributed by atoms with Crippen molar-refractivity contribution in [1.82, 2.24) is 0 Å². The van der Waals surface area contributed by atoms with Gasteiger partial charge in [-0.3, -0.25) is 0 Å². The number of carboxylic acids is 2. The summed E-state index contributed by atoms with van der Waals surface area (Å²) >= 11 is 0. The third-order valence-corrected chi connectivity index (χ3v) is 5.00. The van der Waals surface area contributed by atoms with Crippen LogP contribution in [0.1, 0.15) is 5.56 Å². The molecule has 0 saturated heterocycles. The summed E-state index contributed by atoms with van der Waals surface area (Å²) in [5.74, 6) is -1.36. The summed E-state index contributed by atoms with van der Waals surface area (Å²) in [6, 6.07) is 10.00. The van der Waals surface area contributed by atoms with E-state index in [0.717, 1.165) is 46.5 Å². The molecule has 9 nitrogen and oxygen atoms in total. The molecule has 30 heavy (non-hydrogen) atoms. The number of phenolic OH excluding ortho intramolecular Hbond substituents is 1. The number of fused-ring (bicyclic) bond motifs is 5. The molecule has 0 unspecified atom stereocenters. The van der Waals surface area contributed by atoms with Crippen molar-refractivity contribution < 1.29 is 43.7 Å². The van der Waals surface area contributed by atoms with Crippen LogP contribution >= 0.6 is 0 Å². The molecule has 2 aliphatic rings. The van der Waals surface area contributed by atoms with Gasteiger partial charge in [0, 0.05) is 12.5 Å². The molecule has 3 heterocycles. The zero-order chi connectivity index (χ0) is 21.4. The first-order valence-corrected chi connectivity index (χ1v) is 9.01. The molecule has 0 spiro atoms. The van der Waals surface area contributed by atoms with Crippen molar-refractivity contribution in [2.75, 3.05) is 13.9 Å². The van der Waals surface area contributed by atoms with E-state index >= 15 is 0 Å².